The number of fused-ring (bicyclic) bond motifs is 4. The zero-order chi connectivity index (χ0) is 24.5. The van der Waals surface area contributed by atoms with Crippen LogP contribution in [0.2, 0.25) is 0 Å². The maximum absolute atomic E-state index is 12.9. The molecule has 3 aliphatic heterocycles. The van der Waals surface area contributed by atoms with Crippen molar-refractivity contribution in [1.29, 1.82) is 0 Å². The fourth-order valence-corrected chi connectivity index (χ4v) is 6.43. The Balaban J connectivity index is 1.01. The highest BCUT2D eigenvalue weighted by molar-refractivity contribution is 5.80. The predicted molar refractivity (Wildman–Crippen MR) is 141 cm³/mol. The first-order valence-electron chi connectivity index (χ1n) is 13.2. The number of hydrogen-bond donors (Lipinski definition) is 1. The maximum atomic E-state index is 12.9. The third-order valence-electron chi connectivity index (χ3n) is 8.16. The standard InChI is InChI=1S/C30H34N4O2/c35-28-13-7-12-27-25-16-22(18-34(27)28)17-32(19-25)15-14-31-30(36)26-20-33(21-26)29(23-8-3-1-4-9-23)24-10-5-2-6-11-24/h1-13,22,25-26,29H,14-21H2,(H,31,36). The van der Waals surface area contributed by atoms with E-state index in [0.29, 0.717) is 18.4 Å². The van der Waals surface area contributed by atoms with Crippen molar-refractivity contribution in [2.24, 2.45) is 11.8 Å². The van der Waals surface area contributed by atoms with Gasteiger partial charge in [0.2, 0.25) is 5.91 Å². The van der Waals surface area contributed by atoms with Crippen LogP contribution in [0.25, 0.3) is 0 Å². The van der Waals surface area contributed by atoms with Crippen LogP contribution in [0, 0.1) is 11.8 Å². The first-order valence-corrected chi connectivity index (χ1v) is 13.2. The lowest BCUT2D eigenvalue weighted by Crippen LogP contribution is -2.55. The number of hydrogen-bond acceptors (Lipinski definition) is 4. The van der Waals surface area contributed by atoms with E-state index in [9.17, 15) is 9.59 Å². The molecule has 1 aromatic heterocycles. The summed E-state index contributed by atoms with van der Waals surface area (Å²) in [7, 11) is 0. The van der Waals surface area contributed by atoms with E-state index in [1.54, 1.807) is 6.07 Å². The molecule has 6 heteroatoms. The summed E-state index contributed by atoms with van der Waals surface area (Å²) < 4.78 is 1.97. The molecule has 2 fully saturated rings. The van der Waals surface area contributed by atoms with Gasteiger partial charge >= 0.3 is 0 Å². The van der Waals surface area contributed by atoms with Crippen molar-refractivity contribution in [3.8, 4) is 0 Å². The van der Waals surface area contributed by atoms with Crippen LogP contribution in [0.5, 0.6) is 0 Å². The lowest BCUT2D eigenvalue weighted by Gasteiger charge is -2.44. The molecule has 0 saturated carbocycles. The van der Waals surface area contributed by atoms with Gasteiger partial charge in [-0.05, 0) is 29.5 Å². The number of carbonyl (C=O) groups excluding carboxylic acids is 1. The highest BCUT2D eigenvalue weighted by Gasteiger charge is 2.38. The lowest BCUT2D eigenvalue weighted by molar-refractivity contribution is -0.131. The minimum atomic E-state index is 0.0411. The first kappa shape index (κ1) is 23.2. The van der Waals surface area contributed by atoms with Gasteiger partial charge in [-0.2, -0.15) is 0 Å². The normalized spacial score (nSPS) is 22.1. The number of aromatic nitrogens is 1. The molecular weight excluding hydrogens is 448 g/mol. The quantitative estimate of drug-likeness (QED) is 0.562. The largest absolute Gasteiger partial charge is 0.354 e. The molecule has 3 aromatic rings. The van der Waals surface area contributed by atoms with Gasteiger partial charge in [0.05, 0.1) is 12.0 Å². The summed E-state index contributed by atoms with van der Waals surface area (Å²) in [5.74, 6) is 1.13. The zero-order valence-electron chi connectivity index (χ0n) is 20.6. The van der Waals surface area contributed by atoms with Crippen molar-refractivity contribution in [2.75, 3.05) is 39.3 Å². The van der Waals surface area contributed by atoms with Gasteiger partial charge in [0, 0.05) is 63.5 Å². The third-order valence-corrected chi connectivity index (χ3v) is 8.16. The molecule has 3 aliphatic rings. The smallest absolute Gasteiger partial charge is 0.250 e. The number of nitrogens with one attached hydrogen (secondary N) is 1. The topological polar surface area (TPSA) is 57.6 Å². The van der Waals surface area contributed by atoms with Gasteiger partial charge in [0.15, 0.2) is 0 Å². The van der Waals surface area contributed by atoms with E-state index in [4.69, 9.17) is 0 Å². The average molecular weight is 483 g/mol. The van der Waals surface area contributed by atoms with Crippen molar-refractivity contribution in [3.05, 3.63) is 106 Å². The lowest BCUT2D eigenvalue weighted by atomic mass is 9.83. The number of nitrogens with zero attached hydrogens (tertiary/aromatic N) is 3. The molecule has 2 atom stereocenters. The molecule has 186 valence electrons. The number of pyridine rings is 1. The Morgan fingerprint density at radius 1 is 0.833 bits per heavy atom. The fourth-order valence-electron chi connectivity index (χ4n) is 6.43. The van der Waals surface area contributed by atoms with Crippen LogP contribution in [0.1, 0.15) is 35.2 Å². The molecule has 6 rings (SSSR count). The van der Waals surface area contributed by atoms with Crippen molar-refractivity contribution < 1.29 is 4.79 Å². The summed E-state index contributed by atoms with van der Waals surface area (Å²) in [6.45, 7) is 5.87. The first-order chi connectivity index (χ1) is 17.7. The summed E-state index contributed by atoms with van der Waals surface area (Å²) >= 11 is 0. The molecule has 2 unspecified atom stereocenters. The van der Waals surface area contributed by atoms with E-state index in [1.807, 2.05) is 22.8 Å². The van der Waals surface area contributed by atoms with Crippen LogP contribution in [-0.4, -0.2) is 59.5 Å². The number of likely N-dealkylation sites (tertiary alicyclic amines) is 2. The summed E-state index contributed by atoms with van der Waals surface area (Å²) in [5, 5.41) is 3.20. The van der Waals surface area contributed by atoms with Crippen LogP contribution in [-0.2, 0) is 11.3 Å². The number of rotatable bonds is 7. The minimum Gasteiger partial charge on any atom is -0.354 e. The van der Waals surface area contributed by atoms with Crippen LogP contribution in [0.15, 0.2) is 83.7 Å². The fraction of sp³-hybridized carbons (Fsp3) is 0.400. The zero-order valence-corrected chi connectivity index (χ0v) is 20.6. The molecule has 0 spiro atoms. The van der Waals surface area contributed by atoms with Crippen LogP contribution in [0.4, 0.5) is 0 Å². The second-order valence-corrected chi connectivity index (χ2v) is 10.6. The molecule has 2 saturated heterocycles. The van der Waals surface area contributed by atoms with Crippen molar-refractivity contribution in [2.45, 2.75) is 24.9 Å². The molecular formula is C30H34N4O2. The Morgan fingerprint density at radius 3 is 2.22 bits per heavy atom. The predicted octanol–water partition coefficient (Wildman–Crippen LogP) is 3.11. The van der Waals surface area contributed by atoms with E-state index in [0.717, 1.165) is 45.7 Å². The van der Waals surface area contributed by atoms with E-state index in [1.165, 1.54) is 16.8 Å². The highest BCUT2D eigenvalue weighted by Crippen LogP contribution is 2.35. The monoisotopic (exact) mass is 482 g/mol. The number of carbonyl (C=O) groups is 1. The number of piperidine rings is 1. The van der Waals surface area contributed by atoms with Gasteiger partial charge in [-0.15, -0.1) is 0 Å². The molecule has 1 N–H and O–H groups in total. The second-order valence-electron chi connectivity index (χ2n) is 10.6. The SMILES string of the molecule is O=C(NCCN1CC2CC(C1)c1cccc(=O)n1C2)C1CN(C(c2ccccc2)c2ccccc2)C1. The molecule has 4 heterocycles. The summed E-state index contributed by atoms with van der Waals surface area (Å²) in [6.07, 6.45) is 1.16. The number of benzene rings is 2. The summed E-state index contributed by atoms with van der Waals surface area (Å²) in [6, 6.07) is 27.0. The Labute approximate surface area is 212 Å². The van der Waals surface area contributed by atoms with Crippen molar-refractivity contribution in [1.82, 2.24) is 19.7 Å². The van der Waals surface area contributed by atoms with E-state index in [-0.39, 0.29) is 23.4 Å². The van der Waals surface area contributed by atoms with Crippen LogP contribution in [0.3, 0.4) is 0 Å². The Kier molecular flexibility index (Phi) is 6.46. The average Bonchev–Trinajstić information content (AvgIpc) is 2.87. The van der Waals surface area contributed by atoms with Gasteiger partial charge in [-0.25, -0.2) is 0 Å². The molecule has 0 aliphatic carbocycles. The minimum absolute atomic E-state index is 0.0411. The van der Waals surface area contributed by atoms with Crippen molar-refractivity contribution in [3.63, 3.8) is 0 Å². The third kappa shape index (κ3) is 4.63. The molecule has 1 amide bonds. The van der Waals surface area contributed by atoms with Crippen molar-refractivity contribution >= 4 is 5.91 Å². The Bertz CT molecular complexity index is 1210. The Morgan fingerprint density at radius 2 is 1.53 bits per heavy atom. The molecule has 2 aromatic carbocycles. The van der Waals surface area contributed by atoms with Gasteiger partial charge in [0.25, 0.3) is 5.56 Å². The van der Waals surface area contributed by atoms with Gasteiger partial charge in [-0.1, -0.05) is 66.7 Å². The molecule has 0 radical (unpaired) electrons. The van der Waals surface area contributed by atoms with E-state index in [2.05, 4.69) is 69.7 Å². The van der Waals surface area contributed by atoms with Gasteiger partial charge < -0.3 is 14.8 Å². The summed E-state index contributed by atoms with van der Waals surface area (Å²) in [5.41, 5.74) is 3.83. The molecule has 2 bridgehead atoms. The van der Waals surface area contributed by atoms with E-state index < -0.39 is 0 Å². The number of amides is 1. The highest BCUT2D eigenvalue weighted by atomic mass is 16.2. The molecule has 36 heavy (non-hydrogen) atoms. The van der Waals surface area contributed by atoms with Crippen LogP contribution >= 0.6 is 0 Å². The van der Waals surface area contributed by atoms with Gasteiger partial charge in [-0.3, -0.25) is 14.5 Å². The van der Waals surface area contributed by atoms with Gasteiger partial charge in [0.1, 0.15) is 0 Å². The maximum Gasteiger partial charge on any atom is 0.250 e. The van der Waals surface area contributed by atoms with Crippen LogP contribution < -0.4 is 10.9 Å². The Hall–Kier alpha value is -3.22. The summed E-state index contributed by atoms with van der Waals surface area (Å²) in [4.78, 5) is 30.0. The molecule has 6 nitrogen and oxygen atoms in total. The van der Waals surface area contributed by atoms with E-state index >= 15 is 0 Å². The second kappa shape index (κ2) is 10.0.